The number of halogens is 1. The molecule has 0 aromatic heterocycles. The lowest BCUT2D eigenvalue weighted by molar-refractivity contribution is -0.115. The van der Waals surface area contributed by atoms with Crippen molar-refractivity contribution in [2.45, 2.75) is 6.42 Å². The summed E-state index contributed by atoms with van der Waals surface area (Å²) in [5, 5.41) is 2.93. The first-order chi connectivity index (χ1) is 14.1. The van der Waals surface area contributed by atoms with Crippen LogP contribution in [0.4, 0.5) is 10.1 Å². The Hall–Kier alpha value is -3.78. The third kappa shape index (κ3) is 5.14. The number of rotatable bonds is 7. The van der Waals surface area contributed by atoms with Gasteiger partial charge >= 0.3 is 0 Å². The molecule has 29 heavy (non-hydrogen) atoms. The van der Waals surface area contributed by atoms with Crippen molar-refractivity contribution >= 4 is 11.6 Å². The van der Waals surface area contributed by atoms with Crippen LogP contribution in [0.3, 0.4) is 0 Å². The number of methoxy groups -OCH3 is 1. The minimum absolute atomic E-state index is 0.145. The predicted octanol–water partition coefficient (Wildman–Crippen LogP) is 4.69. The maximum absolute atomic E-state index is 13.0. The summed E-state index contributed by atoms with van der Waals surface area (Å²) >= 11 is 0. The normalized spacial score (nSPS) is 10.1. The molecule has 0 fully saturated rings. The molecule has 5 heteroatoms. The molecule has 0 atom stereocenters. The predicted molar refractivity (Wildman–Crippen MR) is 111 cm³/mol. The van der Waals surface area contributed by atoms with Crippen molar-refractivity contribution in [3.05, 3.63) is 78.1 Å². The molecule has 0 unspecified atom stereocenters. The van der Waals surface area contributed by atoms with Crippen LogP contribution in [0.15, 0.2) is 66.7 Å². The molecule has 4 nitrogen and oxygen atoms in total. The van der Waals surface area contributed by atoms with Crippen LogP contribution in [0.5, 0.6) is 11.5 Å². The number of carbonyl (C=O) groups excluding carboxylic acids is 1. The van der Waals surface area contributed by atoms with Gasteiger partial charge in [-0.15, -0.1) is 6.42 Å². The standard InChI is InChI=1S/C24H20FNO3/c1-3-14-29-22-13-10-18(16-23(22)28-2)20-6-4-5-7-21(20)26-24(27)15-17-8-11-19(25)12-9-17/h1,4-13,16H,14-15H2,2H3,(H,26,27). The highest BCUT2D eigenvalue weighted by Gasteiger charge is 2.12. The maximum Gasteiger partial charge on any atom is 0.228 e. The third-order valence-electron chi connectivity index (χ3n) is 4.26. The second-order valence-corrected chi connectivity index (χ2v) is 6.26. The van der Waals surface area contributed by atoms with Crippen molar-refractivity contribution < 1.29 is 18.7 Å². The summed E-state index contributed by atoms with van der Waals surface area (Å²) in [6.45, 7) is 0.145. The van der Waals surface area contributed by atoms with Gasteiger partial charge in [-0.1, -0.05) is 42.3 Å². The number of terminal acetylenes is 1. The van der Waals surface area contributed by atoms with E-state index in [0.717, 1.165) is 16.7 Å². The number of amides is 1. The van der Waals surface area contributed by atoms with Gasteiger partial charge in [-0.2, -0.15) is 0 Å². The second kappa shape index (κ2) is 9.43. The summed E-state index contributed by atoms with van der Waals surface area (Å²) in [5.41, 5.74) is 3.09. The number of anilines is 1. The number of benzene rings is 3. The molecule has 0 bridgehead atoms. The van der Waals surface area contributed by atoms with Gasteiger partial charge in [0.05, 0.1) is 13.5 Å². The molecule has 0 spiro atoms. The van der Waals surface area contributed by atoms with E-state index in [1.165, 1.54) is 12.1 Å². The lowest BCUT2D eigenvalue weighted by atomic mass is 10.0. The minimum Gasteiger partial charge on any atom is -0.493 e. The van der Waals surface area contributed by atoms with E-state index in [0.29, 0.717) is 17.2 Å². The Morgan fingerprint density at radius 1 is 1.07 bits per heavy atom. The molecule has 3 aromatic rings. The average Bonchev–Trinajstić information content (AvgIpc) is 2.74. The van der Waals surface area contributed by atoms with E-state index < -0.39 is 0 Å². The smallest absolute Gasteiger partial charge is 0.228 e. The fourth-order valence-corrected chi connectivity index (χ4v) is 2.90. The first-order valence-corrected chi connectivity index (χ1v) is 8.98. The largest absolute Gasteiger partial charge is 0.493 e. The topological polar surface area (TPSA) is 47.6 Å². The Balaban J connectivity index is 1.82. The highest BCUT2D eigenvalue weighted by atomic mass is 19.1. The number of hydrogen-bond acceptors (Lipinski definition) is 3. The molecule has 0 aliphatic heterocycles. The van der Waals surface area contributed by atoms with Gasteiger partial charge in [0, 0.05) is 11.3 Å². The Bertz CT molecular complexity index is 1040. The number of ether oxygens (including phenoxy) is 2. The molecule has 1 N–H and O–H groups in total. The number of hydrogen-bond donors (Lipinski definition) is 1. The Morgan fingerprint density at radius 3 is 2.55 bits per heavy atom. The number of para-hydroxylation sites is 1. The lowest BCUT2D eigenvalue weighted by Crippen LogP contribution is -2.15. The Morgan fingerprint density at radius 2 is 1.83 bits per heavy atom. The van der Waals surface area contributed by atoms with Crippen LogP contribution < -0.4 is 14.8 Å². The highest BCUT2D eigenvalue weighted by molar-refractivity contribution is 5.96. The molecule has 0 saturated heterocycles. The van der Waals surface area contributed by atoms with Gasteiger partial charge in [-0.05, 0) is 41.5 Å². The van der Waals surface area contributed by atoms with E-state index >= 15 is 0 Å². The fraction of sp³-hybridized carbons (Fsp3) is 0.125. The molecule has 3 rings (SSSR count). The van der Waals surface area contributed by atoms with Crippen molar-refractivity contribution in [3.63, 3.8) is 0 Å². The SMILES string of the molecule is C#CCOc1ccc(-c2ccccc2NC(=O)Cc2ccc(F)cc2)cc1OC. The van der Waals surface area contributed by atoms with Crippen molar-refractivity contribution in [2.24, 2.45) is 0 Å². The van der Waals surface area contributed by atoms with Crippen molar-refractivity contribution in [2.75, 3.05) is 19.0 Å². The zero-order valence-electron chi connectivity index (χ0n) is 15.9. The molecule has 1 amide bonds. The summed E-state index contributed by atoms with van der Waals surface area (Å²) in [6, 6.07) is 18.8. The van der Waals surface area contributed by atoms with E-state index in [-0.39, 0.29) is 24.8 Å². The van der Waals surface area contributed by atoms with Gasteiger partial charge in [0.15, 0.2) is 11.5 Å². The monoisotopic (exact) mass is 389 g/mol. The van der Waals surface area contributed by atoms with Gasteiger partial charge in [0.25, 0.3) is 0 Å². The summed E-state index contributed by atoms with van der Waals surface area (Å²) in [6.07, 6.45) is 5.39. The van der Waals surface area contributed by atoms with Gasteiger partial charge in [0.1, 0.15) is 12.4 Å². The molecule has 0 aliphatic rings. The summed E-state index contributed by atoms with van der Waals surface area (Å²) < 4.78 is 23.9. The third-order valence-corrected chi connectivity index (χ3v) is 4.26. The van der Waals surface area contributed by atoms with Crippen LogP contribution >= 0.6 is 0 Å². The van der Waals surface area contributed by atoms with Gasteiger partial charge in [0.2, 0.25) is 5.91 Å². The summed E-state index contributed by atoms with van der Waals surface area (Å²) in [4.78, 5) is 12.5. The van der Waals surface area contributed by atoms with E-state index in [1.807, 2.05) is 36.4 Å². The average molecular weight is 389 g/mol. The highest BCUT2D eigenvalue weighted by Crippen LogP contribution is 2.35. The van der Waals surface area contributed by atoms with E-state index in [4.69, 9.17) is 15.9 Å². The van der Waals surface area contributed by atoms with E-state index in [2.05, 4.69) is 11.2 Å². The quantitative estimate of drug-likeness (QED) is 0.596. The van der Waals surface area contributed by atoms with E-state index in [9.17, 15) is 9.18 Å². The van der Waals surface area contributed by atoms with Crippen LogP contribution in [0.1, 0.15) is 5.56 Å². The first-order valence-electron chi connectivity index (χ1n) is 8.98. The molecule has 0 aliphatic carbocycles. The van der Waals surface area contributed by atoms with Crippen LogP contribution in [-0.4, -0.2) is 19.6 Å². The van der Waals surface area contributed by atoms with Crippen molar-refractivity contribution in [1.82, 2.24) is 0 Å². The van der Waals surface area contributed by atoms with Crippen LogP contribution in [0.2, 0.25) is 0 Å². The zero-order chi connectivity index (χ0) is 20.6. The molecule has 0 saturated carbocycles. The van der Waals surface area contributed by atoms with Gasteiger partial charge in [-0.25, -0.2) is 4.39 Å². The molecule has 3 aromatic carbocycles. The van der Waals surface area contributed by atoms with Crippen LogP contribution in [0, 0.1) is 18.2 Å². The molecular weight excluding hydrogens is 369 g/mol. The lowest BCUT2D eigenvalue weighted by Gasteiger charge is -2.14. The zero-order valence-corrected chi connectivity index (χ0v) is 15.9. The van der Waals surface area contributed by atoms with E-state index in [1.54, 1.807) is 25.3 Å². The molecule has 0 heterocycles. The van der Waals surface area contributed by atoms with Gasteiger partial charge < -0.3 is 14.8 Å². The second-order valence-electron chi connectivity index (χ2n) is 6.26. The number of nitrogens with one attached hydrogen (secondary N) is 1. The minimum atomic E-state index is -0.330. The van der Waals surface area contributed by atoms with Crippen molar-refractivity contribution in [1.29, 1.82) is 0 Å². The fourth-order valence-electron chi connectivity index (χ4n) is 2.90. The maximum atomic E-state index is 13.0. The number of carbonyl (C=O) groups is 1. The summed E-state index contributed by atoms with van der Waals surface area (Å²) in [5.74, 6) is 3.00. The molecule has 0 radical (unpaired) electrons. The Labute approximate surface area is 169 Å². The van der Waals surface area contributed by atoms with Crippen LogP contribution in [-0.2, 0) is 11.2 Å². The van der Waals surface area contributed by atoms with Crippen LogP contribution in [0.25, 0.3) is 11.1 Å². The molecule has 146 valence electrons. The first kappa shape index (κ1) is 20.0. The Kier molecular flexibility index (Phi) is 6.49. The van der Waals surface area contributed by atoms with Gasteiger partial charge in [-0.3, -0.25) is 4.79 Å². The summed E-state index contributed by atoms with van der Waals surface area (Å²) in [7, 11) is 1.55. The molecular formula is C24H20FNO3. The van der Waals surface area contributed by atoms with Crippen molar-refractivity contribution in [3.8, 4) is 35.0 Å².